The number of carbonyl (C=O) groups is 4. The largest absolute Gasteiger partial charge is 0.489 e. The Morgan fingerprint density at radius 2 is 0.793 bits per heavy atom. The van der Waals surface area contributed by atoms with Crippen molar-refractivity contribution < 1.29 is 37.7 Å². The normalized spacial score (nSPS) is 17.1. The third-order valence-corrected chi connectivity index (χ3v) is 14.8. The van der Waals surface area contributed by atoms with E-state index in [-0.39, 0.29) is 68.4 Å². The van der Waals surface area contributed by atoms with Gasteiger partial charge in [-0.25, -0.2) is 19.6 Å². The maximum atomic E-state index is 12.8. The van der Waals surface area contributed by atoms with Crippen molar-refractivity contribution >= 4 is 58.3 Å². The van der Waals surface area contributed by atoms with Gasteiger partial charge in [-0.15, -0.1) is 0 Å². The van der Waals surface area contributed by atoms with Gasteiger partial charge in [0.25, 0.3) is 11.8 Å². The molecule has 8 rings (SSSR count). The van der Waals surface area contributed by atoms with Gasteiger partial charge in [0.1, 0.15) is 46.6 Å². The molecule has 6 amide bonds. The molecule has 6 N–H and O–H groups in total. The highest BCUT2D eigenvalue weighted by atomic mass is 16.5. The van der Waals surface area contributed by atoms with Gasteiger partial charge in [0.15, 0.2) is 11.6 Å². The summed E-state index contributed by atoms with van der Waals surface area (Å²) in [6, 6.07) is 23.0. The molecule has 82 heavy (non-hydrogen) atoms. The number of likely N-dealkylation sites (tertiary alicyclic amines) is 2. The highest BCUT2D eigenvalue weighted by Gasteiger charge is 2.46. The molecule has 0 spiro atoms. The predicted octanol–water partition coefficient (Wildman–Crippen LogP) is 13.4. The molecule has 6 heterocycles. The third kappa shape index (κ3) is 16.2. The van der Waals surface area contributed by atoms with Crippen LogP contribution in [0.4, 0.5) is 44.0 Å². The summed E-state index contributed by atoms with van der Waals surface area (Å²) in [5.74, 6) is 2.62. The molecule has 440 valence electrons. The maximum Gasteiger partial charge on any atom is 0.324 e. The second kappa shape index (κ2) is 24.7. The van der Waals surface area contributed by atoms with Crippen molar-refractivity contribution in [2.45, 2.75) is 182 Å². The van der Waals surface area contributed by atoms with Crippen molar-refractivity contribution in [1.82, 2.24) is 30.1 Å². The smallest absolute Gasteiger partial charge is 0.324 e. The first-order valence-electron chi connectivity index (χ1n) is 28.1. The van der Waals surface area contributed by atoms with Crippen LogP contribution >= 0.6 is 0 Å². The minimum atomic E-state index is -0.454. The van der Waals surface area contributed by atoms with Crippen LogP contribution in [0, 0.1) is 0 Å². The fraction of sp³-hybridized carbons (Fsp3) is 0.484. The van der Waals surface area contributed by atoms with Crippen LogP contribution in [0.5, 0.6) is 11.5 Å². The van der Waals surface area contributed by atoms with Crippen molar-refractivity contribution in [2.24, 2.45) is 0 Å². The number of aromatic nitrogens is 4. The Hall–Kier alpha value is -7.84. The van der Waals surface area contributed by atoms with Gasteiger partial charge in [-0.3, -0.25) is 30.0 Å². The van der Waals surface area contributed by atoms with E-state index in [0.29, 0.717) is 57.4 Å². The Labute approximate surface area is 482 Å². The average molecular weight is 1130 g/mol. The molecule has 2 fully saturated rings. The van der Waals surface area contributed by atoms with Gasteiger partial charge in [-0.05, 0) is 141 Å². The van der Waals surface area contributed by atoms with Crippen LogP contribution in [0.2, 0.25) is 0 Å². The van der Waals surface area contributed by atoms with Gasteiger partial charge in [-0.2, -0.15) is 0 Å². The molecule has 2 saturated heterocycles. The lowest BCUT2D eigenvalue weighted by Crippen LogP contribution is -2.62. The minimum absolute atomic E-state index is 0.0243. The number of urea groups is 2. The number of hydrogen-bond donors (Lipinski definition) is 6. The maximum absolute atomic E-state index is 12.8. The van der Waals surface area contributed by atoms with Crippen LogP contribution in [-0.2, 0) is 10.8 Å². The molecule has 4 aromatic heterocycles. The number of carbonyl (C=O) groups excluding carboxylic acids is 4. The standard InChI is InChI=1S/2C31H42N6O4/c2*1-9-37-30(5,6)17-23(18-31(37,7)8)40-22-14-15-24(32-19-22)27(38)33-20-10-12-21(13-11-20)34-28(39)35-26-16-25(41-36-26)29(2,3)4/h2*10-16,19,23H,9,17-18H2,1-8H3,(H,33,38)(H2,34,35,36,39). The van der Waals surface area contributed by atoms with Crippen LogP contribution in [0.15, 0.2) is 106 Å². The van der Waals surface area contributed by atoms with Crippen LogP contribution in [0.25, 0.3) is 0 Å². The third-order valence-electron chi connectivity index (χ3n) is 14.8. The summed E-state index contributed by atoms with van der Waals surface area (Å²) in [7, 11) is 0. The molecule has 6 aromatic rings. The van der Waals surface area contributed by atoms with Crippen LogP contribution < -0.4 is 41.4 Å². The zero-order valence-electron chi connectivity index (χ0n) is 50.6. The summed E-state index contributed by atoms with van der Waals surface area (Å²) in [4.78, 5) is 64.0. The fourth-order valence-corrected chi connectivity index (χ4v) is 11.5. The van der Waals surface area contributed by atoms with Crippen molar-refractivity contribution in [3.8, 4) is 11.5 Å². The van der Waals surface area contributed by atoms with E-state index >= 15 is 0 Å². The number of piperidine rings is 2. The van der Waals surface area contributed by atoms with Crippen LogP contribution in [0.1, 0.15) is 169 Å². The molecule has 0 atom stereocenters. The van der Waals surface area contributed by atoms with Crippen molar-refractivity contribution in [2.75, 3.05) is 45.0 Å². The molecule has 0 unspecified atom stereocenters. The van der Waals surface area contributed by atoms with Crippen LogP contribution in [-0.4, -0.2) is 101 Å². The first-order chi connectivity index (χ1) is 38.3. The summed E-state index contributed by atoms with van der Waals surface area (Å²) < 4.78 is 23.2. The average Bonchev–Trinajstić information content (AvgIpc) is 4.12. The molecular formula is C62H84N12O8. The molecule has 2 aliphatic rings. The van der Waals surface area contributed by atoms with E-state index in [4.69, 9.17) is 18.5 Å². The number of rotatable bonds is 14. The molecule has 20 nitrogen and oxygen atoms in total. The second-order valence-corrected chi connectivity index (χ2v) is 25.7. The predicted molar refractivity (Wildman–Crippen MR) is 321 cm³/mol. The Balaban J connectivity index is 0.000000236. The Kier molecular flexibility index (Phi) is 18.6. The summed E-state index contributed by atoms with van der Waals surface area (Å²) >= 11 is 0. The minimum Gasteiger partial charge on any atom is -0.489 e. The Bertz CT molecular complexity index is 2890. The van der Waals surface area contributed by atoms with E-state index < -0.39 is 12.1 Å². The monoisotopic (exact) mass is 1120 g/mol. The van der Waals surface area contributed by atoms with Gasteiger partial charge in [0.05, 0.1) is 12.4 Å². The first-order valence-corrected chi connectivity index (χ1v) is 28.1. The fourth-order valence-electron chi connectivity index (χ4n) is 11.5. The summed E-state index contributed by atoms with van der Waals surface area (Å²) in [6.45, 7) is 36.5. The van der Waals surface area contributed by atoms with Gasteiger partial charge in [-0.1, -0.05) is 65.7 Å². The lowest BCUT2D eigenvalue weighted by Gasteiger charge is -2.54. The topological polar surface area (TPSA) is 243 Å². The van der Waals surface area contributed by atoms with E-state index in [1.165, 1.54) is 0 Å². The molecule has 0 saturated carbocycles. The van der Waals surface area contributed by atoms with E-state index in [9.17, 15) is 19.2 Å². The number of ether oxygens (including phenoxy) is 2. The molecule has 2 aromatic carbocycles. The van der Waals surface area contributed by atoms with E-state index in [0.717, 1.165) is 38.8 Å². The zero-order chi connectivity index (χ0) is 60.0. The number of benzene rings is 2. The summed E-state index contributed by atoms with van der Waals surface area (Å²) in [6.07, 6.45) is 6.99. The Morgan fingerprint density at radius 1 is 0.488 bits per heavy atom. The molecule has 0 aliphatic carbocycles. The molecular weight excluding hydrogens is 1040 g/mol. The van der Waals surface area contributed by atoms with Gasteiger partial charge in [0.2, 0.25) is 0 Å². The molecule has 0 bridgehead atoms. The van der Waals surface area contributed by atoms with E-state index in [1.54, 1.807) is 97.3 Å². The van der Waals surface area contributed by atoms with E-state index in [2.05, 4.69) is 131 Å². The van der Waals surface area contributed by atoms with Gasteiger partial charge >= 0.3 is 12.1 Å². The molecule has 0 radical (unpaired) electrons. The van der Waals surface area contributed by atoms with Crippen LogP contribution in [0.3, 0.4) is 0 Å². The summed E-state index contributed by atoms with van der Waals surface area (Å²) in [5, 5.41) is 24.2. The second-order valence-electron chi connectivity index (χ2n) is 25.7. The van der Waals surface area contributed by atoms with Crippen molar-refractivity contribution in [3.63, 3.8) is 0 Å². The number of nitrogens with zero attached hydrogens (tertiary/aromatic N) is 6. The number of nitrogens with one attached hydrogen (secondary N) is 6. The Morgan fingerprint density at radius 3 is 1.05 bits per heavy atom. The lowest BCUT2D eigenvalue weighted by atomic mass is 9.78. The van der Waals surface area contributed by atoms with Crippen molar-refractivity contribution in [3.05, 3.63) is 120 Å². The zero-order valence-corrected chi connectivity index (χ0v) is 50.6. The quantitative estimate of drug-likeness (QED) is 0.0594. The number of hydrogen-bond acceptors (Lipinski definition) is 14. The number of amides is 6. The molecule has 2 aliphatic heterocycles. The van der Waals surface area contributed by atoms with Gasteiger partial charge in [0, 0.05) is 93.6 Å². The SMILES string of the molecule is CCN1C(C)(C)CC(Oc2ccc(C(=O)Nc3ccc(NC(=O)Nc4cc(C(C)(C)C)on4)cc3)nc2)CC1(C)C.CCN1C(C)(C)CC(Oc2ccc(C(=O)Nc3ccc(NC(=O)Nc4cc(C(C)(C)C)on4)cc3)nc2)CC1(C)C. The lowest BCUT2D eigenvalue weighted by molar-refractivity contribution is -0.0702. The summed E-state index contributed by atoms with van der Waals surface area (Å²) in [5.41, 5.74) is 2.48. The molecule has 20 heteroatoms. The first kappa shape index (κ1) is 61.8. The van der Waals surface area contributed by atoms with E-state index in [1.807, 2.05) is 41.5 Å². The number of pyridine rings is 2. The van der Waals surface area contributed by atoms with Gasteiger partial charge < -0.3 is 39.8 Å². The number of anilines is 6. The van der Waals surface area contributed by atoms with Crippen molar-refractivity contribution in [1.29, 1.82) is 0 Å². The highest BCUT2D eigenvalue weighted by molar-refractivity contribution is 6.04. The highest BCUT2D eigenvalue weighted by Crippen LogP contribution is 2.41.